The van der Waals surface area contributed by atoms with Crippen molar-refractivity contribution in [1.82, 2.24) is 5.32 Å². The molecule has 6 heteroatoms. The first-order chi connectivity index (χ1) is 9.59. The van der Waals surface area contributed by atoms with Gasteiger partial charge in [-0.2, -0.15) is 0 Å². The van der Waals surface area contributed by atoms with Crippen LogP contribution in [0.2, 0.25) is 0 Å². The summed E-state index contributed by atoms with van der Waals surface area (Å²) < 4.78 is 0. The van der Waals surface area contributed by atoms with Gasteiger partial charge in [-0.15, -0.1) is 0 Å². The Morgan fingerprint density at radius 2 is 2.05 bits per heavy atom. The van der Waals surface area contributed by atoms with E-state index < -0.39 is 22.3 Å². The van der Waals surface area contributed by atoms with Crippen LogP contribution in [0.3, 0.4) is 0 Å². The van der Waals surface area contributed by atoms with Crippen LogP contribution < -0.4 is 5.32 Å². The smallest absolute Gasteiger partial charge is 0.311 e. The quantitative estimate of drug-likeness (QED) is 0.654. The molecule has 0 aliphatic heterocycles. The molecule has 6 nitrogen and oxygen atoms in total. The fraction of sp³-hybridized carbons (Fsp3) is 0.500. The maximum absolute atomic E-state index is 12.0. The van der Waals surface area contributed by atoms with Crippen molar-refractivity contribution in [3.63, 3.8) is 0 Å². The van der Waals surface area contributed by atoms with Gasteiger partial charge in [0.25, 0.3) is 5.91 Å². The molecule has 1 aliphatic rings. The van der Waals surface area contributed by atoms with E-state index in [0.29, 0.717) is 12.5 Å². The summed E-state index contributed by atoms with van der Waals surface area (Å²) in [5, 5.41) is 23.2. The van der Waals surface area contributed by atoms with E-state index in [1.54, 1.807) is 0 Å². The molecule has 1 aromatic rings. The maximum Gasteiger partial charge on any atom is 0.311 e. The number of carbonyl (C=O) groups is 1. The third-order valence-corrected chi connectivity index (χ3v) is 3.73. The Balaban J connectivity index is 2.01. The summed E-state index contributed by atoms with van der Waals surface area (Å²) in [5.41, 5.74) is -0.495. The van der Waals surface area contributed by atoms with Crippen LogP contribution in [-0.4, -0.2) is 22.5 Å². The van der Waals surface area contributed by atoms with Crippen LogP contribution in [0.25, 0.3) is 0 Å². The van der Waals surface area contributed by atoms with Crippen LogP contribution in [0, 0.1) is 16.0 Å². The van der Waals surface area contributed by atoms with Crippen LogP contribution in [-0.2, 0) is 0 Å². The van der Waals surface area contributed by atoms with Crippen molar-refractivity contribution in [3.05, 3.63) is 33.9 Å². The molecule has 0 spiro atoms. The lowest BCUT2D eigenvalue weighted by atomic mass is 9.89. The summed E-state index contributed by atoms with van der Waals surface area (Å²) in [7, 11) is 0. The number of hydrogen-bond donors (Lipinski definition) is 2. The monoisotopic (exact) mass is 278 g/mol. The Morgan fingerprint density at radius 3 is 2.70 bits per heavy atom. The summed E-state index contributed by atoms with van der Waals surface area (Å²) in [6, 6.07) is 3.96. The second kappa shape index (κ2) is 6.36. The number of amides is 1. The van der Waals surface area contributed by atoms with Crippen LogP contribution in [0.5, 0.6) is 5.75 Å². The standard InChI is InChI=1S/C14H18N2O4/c17-13-11(7-4-8-12(13)16(19)20)14(18)15-9-10-5-2-1-3-6-10/h4,7-8,10,17H,1-3,5-6,9H2,(H,15,18). The Hall–Kier alpha value is -2.11. The molecule has 108 valence electrons. The molecule has 2 N–H and O–H groups in total. The normalized spacial score (nSPS) is 15.8. The van der Waals surface area contributed by atoms with Crippen LogP contribution in [0.1, 0.15) is 42.5 Å². The Labute approximate surface area is 117 Å². The minimum Gasteiger partial charge on any atom is -0.502 e. The highest BCUT2D eigenvalue weighted by Gasteiger charge is 2.21. The Morgan fingerprint density at radius 1 is 1.35 bits per heavy atom. The molecule has 0 unspecified atom stereocenters. The van der Waals surface area contributed by atoms with E-state index in [4.69, 9.17) is 0 Å². The summed E-state index contributed by atoms with van der Waals surface area (Å²) in [4.78, 5) is 22.0. The molecular formula is C14H18N2O4. The number of benzene rings is 1. The zero-order valence-corrected chi connectivity index (χ0v) is 11.2. The van der Waals surface area contributed by atoms with Crippen molar-refractivity contribution in [2.75, 3.05) is 6.54 Å². The van der Waals surface area contributed by atoms with Crippen LogP contribution in [0.4, 0.5) is 5.69 Å². The molecule has 1 amide bonds. The summed E-state index contributed by atoms with van der Waals surface area (Å²) in [6.45, 7) is 0.557. The first-order valence-electron chi connectivity index (χ1n) is 6.84. The molecule has 0 radical (unpaired) electrons. The molecular weight excluding hydrogens is 260 g/mol. The van der Waals surface area contributed by atoms with Gasteiger partial charge in [0.1, 0.15) is 0 Å². The third kappa shape index (κ3) is 3.26. The second-order valence-electron chi connectivity index (χ2n) is 5.14. The number of nitrogens with zero attached hydrogens (tertiary/aromatic N) is 1. The van der Waals surface area contributed by atoms with E-state index in [1.807, 2.05) is 0 Å². The Bertz CT molecular complexity index is 510. The number of phenolic OH excluding ortho intramolecular Hbond substituents is 1. The molecule has 20 heavy (non-hydrogen) atoms. The first kappa shape index (κ1) is 14.3. The third-order valence-electron chi connectivity index (χ3n) is 3.73. The minimum absolute atomic E-state index is 0.0463. The lowest BCUT2D eigenvalue weighted by Gasteiger charge is -2.21. The van der Waals surface area contributed by atoms with Gasteiger partial charge in [-0.05, 0) is 24.8 Å². The molecule has 0 atom stereocenters. The number of nitrogens with one attached hydrogen (secondary N) is 1. The number of phenols is 1. The maximum atomic E-state index is 12.0. The van der Waals surface area contributed by atoms with Gasteiger partial charge in [0.2, 0.25) is 5.75 Å². The molecule has 1 aromatic carbocycles. The number of aromatic hydroxyl groups is 1. The largest absolute Gasteiger partial charge is 0.502 e. The SMILES string of the molecule is O=C(NCC1CCCCC1)c1cccc([N+](=O)[O-])c1O. The van der Waals surface area contributed by atoms with Crippen LogP contribution >= 0.6 is 0 Å². The molecule has 0 bridgehead atoms. The van der Waals surface area contributed by atoms with Gasteiger partial charge in [0.15, 0.2) is 0 Å². The number of rotatable bonds is 4. The molecule has 0 saturated heterocycles. The van der Waals surface area contributed by atoms with Crippen molar-refractivity contribution in [2.45, 2.75) is 32.1 Å². The fourth-order valence-corrected chi connectivity index (χ4v) is 2.59. The predicted molar refractivity (Wildman–Crippen MR) is 73.7 cm³/mol. The van der Waals surface area contributed by atoms with Gasteiger partial charge in [-0.1, -0.05) is 25.3 Å². The first-order valence-corrected chi connectivity index (χ1v) is 6.84. The Kier molecular flexibility index (Phi) is 4.55. The van der Waals surface area contributed by atoms with Crippen LogP contribution in [0.15, 0.2) is 18.2 Å². The van der Waals surface area contributed by atoms with Crippen molar-refractivity contribution in [3.8, 4) is 5.75 Å². The number of para-hydroxylation sites is 1. The van der Waals surface area contributed by atoms with E-state index >= 15 is 0 Å². The van der Waals surface area contributed by atoms with Crippen molar-refractivity contribution >= 4 is 11.6 Å². The van der Waals surface area contributed by atoms with Crippen molar-refractivity contribution in [2.24, 2.45) is 5.92 Å². The van der Waals surface area contributed by atoms with Gasteiger partial charge >= 0.3 is 5.69 Å². The topological polar surface area (TPSA) is 92.5 Å². The van der Waals surface area contributed by atoms with E-state index in [1.165, 1.54) is 37.5 Å². The molecule has 0 aromatic heterocycles. The summed E-state index contributed by atoms with van der Waals surface area (Å²) >= 11 is 0. The lowest BCUT2D eigenvalue weighted by molar-refractivity contribution is -0.385. The minimum atomic E-state index is -0.701. The second-order valence-corrected chi connectivity index (χ2v) is 5.14. The van der Waals surface area contributed by atoms with Gasteiger partial charge in [-0.3, -0.25) is 14.9 Å². The highest BCUT2D eigenvalue weighted by atomic mass is 16.6. The zero-order chi connectivity index (χ0) is 14.5. The molecule has 0 heterocycles. The van der Waals surface area contributed by atoms with Crippen molar-refractivity contribution in [1.29, 1.82) is 0 Å². The lowest BCUT2D eigenvalue weighted by Crippen LogP contribution is -2.30. The van der Waals surface area contributed by atoms with Gasteiger partial charge in [0, 0.05) is 12.6 Å². The zero-order valence-electron chi connectivity index (χ0n) is 11.2. The molecule has 1 saturated carbocycles. The van der Waals surface area contributed by atoms with E-state index in [0.717, 1.165) is 12.8 Å². The number of hydrogen-bond acceptors (Lipinski definition) is 4. The highest BCUT2D eigenvalue weighted by Crippen LogP contribution is 2.29. The summed E-state index contributed by atoms with van der Waals surface area (Å²) in [5.74, 6) is -0.566. The average molecular weight is 278 g/mol. The number of nitro benzene ring substituents is 1. The van der Waals surface area contributed by atoms with Gasteiger partial charge < -0.3 is 10.4 Å². The summed E-state index contributed by atoms with van der Waals surface area (Å²) in [6.07, 6.45) is 5.81. The molecule has 1 aliphatic carbocycles. The fourth-order valence-electron chi connectivity index (χ4n) is 2.59. The predicted octanol–water partition coefficient (Wildman–Crippen LogP) is 2.61. The molecule has 1 fully saturated rings. The number of carbonyl (C=O) groups excluding carboxylic acids is 1. The van der Waals surface area contributed by atoms with Crippen molar-refractivity contribution < 1.29 is 14.8 Å². The van der Waals surface area contributed by atoms with Gasteiger partial charge in [-0.25, -0.2) is 0 Å². The van der Waals surface area contributed by atoms with E-state index in [9.17, 15) is 20.0 Å². The van der Waals surface area contributed by atoms with E-state index in [2.05, 4.69) is 5.32 Å². The van der Waals surface area contributed by atoms with Gasteiger partial charge in [0.05, 0.1) is 10.5 Å². The van der Waals surface area contributed by atoms with E-state index in [-0.39, 0.29) is 5.56 Å². The number of nitro groups is 1. The molecule has 2 rings (SSSR count). The highest BCUT2D eigenvalue weighted by molar-refractivity contribution is 5.98. The average Bonchev–Trinajstić information content (AvgIpc) is 2.46.